The van der Waals surface area contributed by atoms with Gasteiger partial charge in [-0.15, -0.1) is 0 Å². The summed E-state index contributed by atoms with van der Waals surface area (Å²) in [7, 11) is 0. The van der Waals surface area contributed by atoms with Crippen molar-refractivity contribution in [2.24, 2.45) is 5.92 Å². The Morgan fingerprint density at radius 1 is 1.40 bits per heavy atom. The van der Waals surface area contributed by atoms with Gasteiger partial charge in [-0.1, -0.05) is 0 Å². The lowest BCUT2D eigenvalue weighted by atomic mass is 9.97. The Morgan fingerprint density at radius 2 is 2.07 bits per heavy atom. The van der Waals surface area contributed by atoms with Crippen LogP contribution in [-0.2, 0) is 9.59 Å². The number of carbonyl (C=O) groups is 2. The minimum atomic E-state index is -0.143. The number of nitrogens with zero attached hydrogens (tertiary/aromatic N) is 1. The van der Waals surface area contributed by atoms with Crippen LogP contribution in [0.5, 0.6) is 0 Å². The molecule has 1 N–H and O–H groups in total. The van der Waals surface area contributed by atoms with Crippen LogP contribution in [0.4, 0.5) is 0 Å². The predicted molar refractivity (Wildman–Crippen MR) is 56.1 cm³/mol. The highest BCUT2D eigenvalue weighted by Gasteiger charge is 2.30. The van der Waals surface area contributed by atoms with E-state index in [2.05, 4.69) is 5.32 Å². The van der Waals surface area contributed by atoms with Crippen molar-refractivity contribution >= 4 is 11.8 Å². The number of rotatable bonds is 2. The molecule has 0 aromatic rings. The molecule has 2 amide bonds. The lowest BCUT2D eigenvalue weighted by molar-refractivity contribution is -0.138. The number of amides is 2. The Labute approximate surface area is 89.3 Å². The van der Waals surface area contributed by atoms with Gasteiger partial charge in [0.2, 0.25) is 0 Å². The molecule has 2 aliphatic heterocycles. The average Bonchev–Trinajstić information content (AvgIpc) is 2.47. The number of carbonyl (C=O) groups excluding carboxylic acids is 2. The maximum absolute atomic E-state index is 11.6. The van der Waals surface area contributed by atoms with Crippen molar-refractivity contribution in [3.8, 4) is 0 Å². The molecule has 0 unspecified atom stereocenters. The summed E-state index contributed by atoms with van der Waals surface area (Å²) in [5.74, 6) is 0.216. The molecule has 82 valence electrons. The maximum Gasteiger partial charge on any atom is 0.256 e. The van der Waals surface area contributed by atoms with Crippen LogP contribution in [0.15, 0.2) is 11.6 Å². The number of nitrogens with one attached hydrogen (secondary N) is 1. The first-order valence-corrected chi connectivity index (χ1v) is 5.43. The molecule has 4 heteroatoms. The molecular weight excluding hydrogens is 192 g/mol. The van der Waals surface area contributed by atoms with Crippen LogP contribution in [-0.4, -0.2) is 36.3 Å². The predicted octanol–water partition coefficient (Wildman–Crippen LogP) is 0.301. The fraction of sp³-hybridized carbons (Fsp3) is 0.636. The molecule has 0 atom stereocenters. The Balaban J connectivity index is 1.95. The van der Waals surface area contributed by atoms with Crippen LogP contribution in [0.1, 0.15) is 19.8 Å². The second-order valence-electron chi connectivity index (χ2n) is 4.27. The summed E-state index contributed by atoms with van der Waals surface area (Å²) in [4.78, 5) is 24.5. The molecule has 0 spiro atoms. The van der Waals surface area contributed by atoms with Gasteiger partial charge in [-0.25, -0.2) is 0 Å². The Kier molecular flexibility index (Phi) is 2.86. The topological polar surface area (TPSA) is 49.4 Å². The van der Waals surface area contributed by atoms with Crippen LogP contribution in [0.2, 0.25) is 0 Å². The first-order chi connectivity index (χ1) is 7.18. The van der Waals surface area contributed by atoms with Crippen molar-refractivity contribution in [3.05, 3.63) is 11.6 Å². The summed E-state index contributed by atoms with van der Waals surface area (Å²) in [6.07, 6.45) is 3.54. The van der Waals surface area contributed by atoms with E-state index in [4.69, 9.17) is 0 Å². The molecule has 2 heterocycles. The molecule has 15 heavy (non-hydrogen) atoms. The van der Waals surface area contributed by atoms with Crippen LogP contribution in [0.25, 0.3) is 0 Å². The molecule has 1 fully saturated rings. The molecule has 1 saturated heterocycles. The normalized spacial score (nSPS) is 23.5. The zero-order valence-corrected chi connectivity index (χ0v) is 8.95. The molecule has 0 aromatic heterocycles. The van der Waals surface area contributed by atoms with Gasteiger partial charge in [-0.05, 0) is 38.8 Å². The molecule has 0 aliphatic carbocycles. The first-order valence-electron chi connectivity index (χ1n) is 5.43. The van der Waals surface area contributed by atoms with Gasteiger partial charge in [0.25, 0.3) is 11.8 Å². The molecule has 0 aromatic carbocycles. The van der Waals surface area contributed by atoms with Gasteiger partial charge < -0.3 is 5.32 Å². The van der Waals surface area contributed by atoms with E-state index in [-0.39, 0.29) is 11.8 Å². The Morgan fingerprint density at radius 3 is 2.60 bits per heavy atom. The van der Waals surface area contributed by atoms with Gasteiger partial charge in [0, 0.05) is 18.2 Å². The zero-order valence-electron chi connectivity index (χ0n) is 8.95. The monoisotopic (exact) mass is 208 g/mol. The SMILES string of the molecule is CC1=CC(=O)N(CC2CCNCC2)C1=O. The van der Waals surface area contributed by atoms with Crippen molar-refractivity contribution in [2.45, 2.75) is 19.8 Å². The van der Waals surface area contributed by atoms with E-state index in [1.54, 1.807) is 6.92 Å². The van der Waals surface area contributed by atoms with Crippen molar-refractivity contribution < 1.29 is 9.59 Å². The van der Waals surface area contributed by atoms with Gasteiger partial charge in [0.1, 0.15) is 0 Å². The van der Waals surface area contributed by atoms with Gasteiger partial charge in [-0.3, -0.25) is 14.5 Å². The number of piperidine rings is 1. The van der Waals surface area contributed by atoms with E-state index in [9.17, 15) is 9.59 Å². The van der Waals surface area contributed by atoms with E-state index >= 15 is 0 Å². The number of hydrogen-bond donors (Lipinski definition) is 1. The van der Waals surface area contributed by atoms with Crippen LogP contribution >= 0.6 is 0 Å². The quantitative estimate of drug-likeness (QED) is 0.664. The zero-order chi connectivity index (χ0) is 10.8. The highest BCUT2D eigenvalue weighted by Crippen LogP contribution is 2.18. The summed E-state index contributed by atoms with van der Waals surface area (Å²) < 4.78 is 0. The second-order valence-corrected chi connectivity index (χ2v) is 4.27. The summed E-state index contributed by atoms with van der Waals surface area (Å²) in [5, 5.41) is 3.27. The third-order valence-corrected chi connectivity index (χ3v) is 3.09. The summed E-state index contributed by atoms with van der Waals surface area (Å²) in [6.45, 7) is 4.27. The number of imide groups is 1. The second kappa shape index (κ2) is 4.14. The van der Waals surface area contributed by atoms with Gasteiger partial charge in [-0.2, -0.15) is 0 Å². The van der Waals surface area contributed by atoms with E-state index < -0.39 is 0 Å². The molecule has 0 saturated carbocycles. The lowest BCUT2D eigenvalue weighted by Gasteiger charge is -2.26. The molecule has 0 radical (unpaired) electrons. The Hall–Kier alpha value is -1.16. The third kappa shape index (κ3) is 2.09. The molecule has 2 aliphatic rings. The van der Waals surface area contributed by atoms with E-state index in [1.165, 1.54) is 11.0 Å². The fourth-order valence-electron chi connectivity index (χ4n) is 2.13. The lowest BCUT2D eigenvalue weighted by Crippen LogP contribution is -2.39. The summed E-state index contributed by atoms with van der Waals surface area (Å²) in [5.41, 5.74) is 0.564. The fourth-order valence-corrected chi connectivity index (χ4v) is 2.13. The van der Waals surface area contributed by atoms with E-state index in [0.29, 0.717) is 18.0 Å². The molecule has 2 rings (SSSR count). The third-order valence-electron chi connectivity index (χ3n) is 3.09. The largest absolute Gasteiger partial charge is 0.317 e. The minimum Gasteiger partial charge on any atom is -0.317 e. The first kappa shape index (κ1) is 10.4. The van der Waals surface area contributed by atoms with Gasteiger partial charge >= 0.3 is 0 Å². The molecular formula is C11H16N2O2. The van der Waals surface area contributed by atoms with E-state index in [1.807, 2.05) is 0 Å². The minimum absolute atomic E-state index is 0.112. The van der Waals surface area contributed by atoms with Crippen LogP contribution in [0, 0.1) is 5.92 Å². The summed E-state index contributed by atoms with van der Waals surface area (Å²) >= 11 is 0. The highest BCUT2D eigenvalue weighted by atomic mass is 16.2. The van der Waals surface area contributed by atoms with E-state index in [0.717, 1.165) is 25.9 Å². The van der Waals surface area contributed by atoms with Gasteiger partial charge in [0.15, 0.2) is 0 Å². The summed E-state index contributed by atoms with van der Waals surface area (Å²) in [6, 6.07) is 0. The standard InChI is InChI=1S/C11H16N2O2/c1-8-6-10(14)13(11(8)15)7-9-2-4-12-5-3-9/h6,9,12H,2-5,7H2,1H3. The van der Waals surface area contributed by atoms with Crippen LogP contribution in [0.3, 0.4) is 0 Å². The van der Waals surface area contributed by atoms with Crippen molar-refractivity contribution in [3.63, 3.8) is 0 Å². The highest BCUT2D eigenvalue weighted by molar-refractivity contribution is 6.15. The average molecular weight is 208 g/mol. The number of hydrogen-bond acceptors (Lipinski definition) is 3. The molecule has 0 bridgehead atoms. The molecule has 4 nitrogen and oxygen atoms in total. The van der Waals surface area contributed by atoms with Gasteiger partial charge in [0.05, 0.1) is 0 Å². The Bertz CT molecular complexity index is 317. The van der Waals surface area contributed by atoms with Crippen molar-refractivity contribution in [2.75, 3.05) is 19.6 Å². The van der Waals surface area contributed by atoms with Crippen LogP contribution < -0.4 is 5.32 Å². The van der Waals surface area contributed by atoms with Crippen molar-refractivity contribution in [1.29, 1.82) is 0 Å². The smallest absolute Gasteiger partial charge is 0.256 e. The van der Waals surface area contributed by atoms with Crippen molar-refractivity contribution in [1.82, 2.24) is 10.2 Å². The maximum atomic E-state index is 11.6.